The predicted molar refractivity (Wildman–Crippen MR) is 96.0 cm³/mol. The van der Waals surface area contributed by atoms with Crippen molar-refractivity contribution in [2.75, 3.05) is 13.1 Å². The van der Waals surface area contributed by atoms with Gasteiger partial charge >= 0.3 is 6.09 Å². The Bertz CT molecular complexity index is 766. The predicted octanol–water partition coefficient (Wildman–Crippen LogP) is 3.10. The highest BCUT2D eigenvalue weighted by Crippen LogP contribution is 2.19. The molecule has 0 radical (unpaired) electrons. The average molecular weight is 396 g/mol. The van der Waals surface area contributed by atoms with Gasteiger partial charge in [-0.05, 0) is 45.2 Å². The molecule has 1 amide bonds. The Morgan fingerprint density at radius 1 is 1.30 bits per heavy atom. The van der Waals surface area contributed by atoms with Crippen LogP contribution in [0.2, 0.25) is 5.28 Å². The van der Waals surface area contributed by atoms with Gasteiger partial charge in [-0.1, -0.05) is 5.16 Å². The van der Waals surface area contributed by atoms with E-state index < -0.39 is 5.60 Å². The second-order valence-corrected chi connectivity index (χ2v) is 7.57. The summed E-state index contributed by atoms with van der Waals surface area (Å²) in [5, 5.41) is 4.05. The third-order valence-electron chi connectivity index (χ3n) is 3.88. The number of amides is 1. The maximum atomic E-state index is 12.1. The molecule has 0 spiro atoms. The van der Waals surface area contributed by atoms with Gasteiger partial charge in [0, 0.05) is 25.5 Å². The van der Waals surface area contributed by atoms with Gasteiger partial charge in [0.05, 0.1) is 11.7 Å². The molecule has 0 aromatic carbocycles. The van der Waals surface area contributed by atoms with E-state index in [2.05, 4.69) is 20.1 Å². The van der Waals surface area contributed by atoms with Crippen LogP contribution in [0.25, 0.3) is 11.5 Å². The zero-order valence-corrected chi connectivity index (χ0v) is 16.3. The maximum absolute atomic E-state index is 12.1. The van der Waals surface area contributed by atoms with Gasteiger partial charge in [0.15, 0.2) is 5.82 Å². The zero-order valence-electron chi connectivity index (χ0n) is 15.5. The molecule has 0 bridgehead atoms. The molecule has 2 aromatic rings. The summed E-state index contributed by atoms with van der Waals surface area (Å²) in [6, 6.07) is 0. The fraction of sp³-hybridized carbons (Fsp3) is 0.588. The highest BCUT2D eigenvalue weighted by molar-refractivity contribution is 6.28. The molecule has 2 aromatic heterocycles. The lowest BCUT2D eigenvalue weighted by atomic mass is 10.1. The molecule has 1 aliphatic rings. The molecule has 146 valence electrons. The van der Waals surface area contributed by atoms with Gasteiger partial charge in [-0.3, -0.25) is 0 Å². The van der Waals surface area contributed by atoms with Crippen LogP contribution in [0.1, 0.15) is 39.4 Å². The number of likely N-dealkylation sites (tertiary alicyclic amines) is 1. The van der Waals surface area contributed by atoms with E-state index in [1.807, 2.05) is 20.8 Å². The first kappa shape index (κ1) is 19.5. The molecule has 0 N–H and O–H groups in total. The maximum Gasteiger partial charge on any atom is 0.410 e. The van der Waals surface area contributed by atoms with Gasteiger partial charge in [0.25, 0.3) is 5.89 Å². The second kappa shape index (κ2) is 8.18. The molecule has 3 heterocycles. The minimum atomic E-state index is -0.490. The zero-order chi connectivity index (χ0) is 19.4. The molecule has 3 rings (SSSR count). The highest BCUT2D eigenvalue weighted by atomic mass is 35.5. The third-order valence-corrected chi connectivity index (χ3v) is 4.07. The van der Waals surface area contributed by atoms with Crippen LogP contribution in [0, 0.1) is 0 Å². The van der Waals surface area contributed by atoms with Gasteiger partial charge in [0.1, 0.15) is 12.2 Å². The van der Waals surface area contributed by atoms with Gasteiger partial charge in [0.2, 0.25) is 5.28 Å². The lowest BCUT2D eigenvalue weighted by Crippen LogP contribution is -2.43. The fourth-order valence-electron chi connectivity index (χ4n) is 2.58. The molecule has 1 fully saturated rings. The second-order valence-electron chi connectivity index (χ2n) is 7.23. The van der Waals surface area contributed by atoms with E-state index in [1.54, 1.807) is 4.90 Å². The van der Waals surface area contributed by atoms with Crippen LogP contribution in [-0.4, -0.2) is 55.9 Å². The Hall–Kier alpha value is -2.26. The minimum absolute atomic E-state index is 0.0319. The Morgan fingerprint density at radius 3 is 2.59 bits per heavy atom. The van der Waals surface area contributed by atoms with Crippen LogP contribution in [0.5, 0.6) is 0 Å². The van der Waals surface area contributed by atoms with Gasteiger partial charge < -0.3 is 18.9 Å². The minimum Gasteiger partial charge on any atom is -0.444 e. The van der Waals surface area contributed by atoms with E-state index in [1.165, 1.54) is 12.4 Å². The van der Waals surface area contributed by atoms with Crippen molar-refractivity contribution < 1.29 is 18.8 Å². The third kappa shape index (κ3) is 5.61. The van der Waals surface area contributed by atoms with Crippen LogP contribution in [0.15, 0.2) is 16.9 Å². The summed E-state index contributed by atoms with van der Waals surface area (Å²) in [7, 11) is 0. The summed E-state index contributed by atoms with van der Waals surface area (Å²) < 4.78 is 16.4. The van der Waals surface area contributed by atoms with E-state index in [0.717, 1.165) is 12.8 Å². The van der Waals surface area contributed by atoms with E-state index >= 15 is 0 Å². The average Bonchev–Trinajstić information content (AvgIpc) is 3.08. The number of hydrogen-bond acceptors (Lipinski definition) is 8. The van der Waals surface area contributed by atoms with Crippen LogP contribution in [0.3, 0.4) is 0 Å². The van der Waals surface area contributed by atoms with Crippen molar-refractivity contribution in [3.05, 3.63) is 23.5 Å². The van der Waals surface area contributed by atoms with Crippen LogP contribution >= 0.6 is 11.6 Å². The first-order valence-electron chi connectivity index (χ1n) is 8.70. The summed E-state index contributed by atoms with van der Waals surface area (Å²) in [4.78, 5) is 25.8. The molecule has 0 aliphatic carbocycles. The van der Waals surface area contributed by atoms with Crippen molar-refractivity contribution in [2.24, 2.45) is 0 Å². The fourth-order valence-corrected chi connectivity index (χ4v) is 2.67. The number of carbonyl (C=O) groups is 1. The first-order valence-corrected chi connectivity index (χ1v) is 9.08. The van der Waals surface area contributed by atoms with Crippen molar-refractivity contribution >= 4 is 17.7 Å². The molecule has 0 atom stereocenters. The largest absolute Gasteiger partial charge is 0.444 e. The number of halogens is 1. The summed E-state index contributed by atoms with van der Waals surface area (Å²) in [6.45, 7) is 7.00. The monoisotopic (exact) mass is 395 g/mol. The number of aromatic nitrogens is 4. The molecule has 1 aliphatic heterocycles. The van der Waals surface area contributed by atoms with Crippen molar-refractivity contribution in [1.82, 2.24) is 25.0 Å². The molecule has 0 unspecified atom stereocenters. The van der Waals surface area contributed by atoms with E-state index in [9.17, 15) is 4.79 Å². The molecule has 27 heavy (non-hydrogen) atoms. The molecule has 0 saturated carbocycles. The number of carbonyl (C=O) groups excluding carboxylic acids is 1. The lowest BCUT2D eigenvalue weighted by molar-refractivity contribution is -0.0190. The first-order chi connectivity index (χ1) is 12.8. The normalized spacial score (nSPS) is 15.8. The number of rotatable bonds is 4. The standard InChI is InChI=1S/C17H22ClN5O4/c1-17(2,3)26-16(24)23-6-4-12(5-7-23)25-10-13-21-14(27-22-13)11-8-19-15(18)20-9-11/h8-9,12H,4-7,10H2,1-3H3. The van der Waals surface area contributed by atoms with Crippen LogP contribution in [0.4, 0.5) is 4.79 Å². The molecular formula is C17H22ClN5O4. The Labute approximate surface area is 162 Å². The van der Waals surface area contributed by atoms with E-state index in [-0.39, 0.29) is 24.1 Å². The molecular weight excluding hydrogens is 374 g/mol. The summed E-state index contributed by atoms with van der Waals surface area (Å²) in [5.41, 5.74) is 0.0967. The Morgan fingerprint density at radius 2 is 1.96 bits per heavy atom. The van der Waals surface area contributed by atoms with E-state index in [4.69, 9.17) is 25.6 Å². The van der Waals surface area contributed by atoms with Crippen molar-refractivity contribution in [3.63, 3.8) is 0 Å². The van der Waals surface area contributed by atoms with Gasteiger partial charge in [-0.15, -0.1) is 0 Å². The van der Waals surface area contributed by atoms with Crippen molar-refractivity contribution in [1.29, 1.82) is 0 Å². The summed E-state index contributed by atoms with van der Waals surface area (Å²) in [6.07, 6.45) is 4.24. The highest BCUT2D eigenvalue weighted by Gasteiger charge is 2.27. The summed E-state index contributed by atoms with van der Waals surface area (Å²) in [5.74, 6) is 0.750. The molecule has 10 heteroatoms. The van der Waals surface area contributed by atoms with Crippen molar-refractivity contribution in [2.45, 2.75) is 51.9 Å². The van der Waals surface area contributed by atoms with Crippen LogP contribution in [-0.2, 0) is 16.1 Å². The van der Waals surface area contributed by atoms with Gasteiger partial charge in [-0.25, -0.2) is 14.8 Å². The molecule has 1 saturated heterocycles. The van der Waals surface area contributed by atoms with Crippen LogP contribution < -0.4 is 0 Å². The number of nitrogens with zero attached hydrogens (tertiary/aromatic N) is 5. The molecule has 9 nitrogen and oxygen atoms in total. The summed E-state index contributed by atoms with van der Waals surface area (Å²) >= 11 is 5.66. The topological polar surface area (TPSA) is 103 Å². The Kier molecular flexibility index (Phi) is 5.91. The Balaban J connectivity index is 1.45. The lowest BCUT2D eigenvalue weighted by Gasteiger charge is -2.33. The SMILES string of the molecule is CC(C)(C)OC(=O)N1CCC(OCc2noc(-c3cnc(Cl)nc3)n2)CC1. The quantitative estimate of drug-likeness (QED) is 0.727. The number of piperidine rings is 1. The van der Waals surface area contributed by atoms with E-state index in [0.29, 0.717) is 30.4 Å². The number of hydrogen-bond donors (Lipinski definition) is 0. The smallest absolute Gasteiger partial charge is 0.410 e. The van der Waals surface area contributed by atoms with Gasteiger partial charge in [-0.2, -0.15) is 4.98 Å². The van der Waals surface area contributed by atoms with Crippen molar-refractivity contribution in [3.8, 4) is 11.5 Å². The number of ether oxygens (including phenoxy) is 2.